The molecule has 4 heteroatoms. The van der Waals surface area contributed by atoms with Gasteiger partial charge in [-0.3, -0.25) is 0 Å². The van der Waals surface area contributed by atoms with E-state index in [1.165, 1.54) is 12.5 Å². The zero-order valence-corrected chi connectivity index (χ0v) is 14.6. The number of ether oxygens (including phenoxy) is 3. The standard InChI is InChI=1S/C21H24O4/c1-5-23-20(24-6-2)15-25-19-13-9-17(10-14-19)21(3,4)16-7-11-18(22)12-8-16/h5-14,20,22H,1-2,15H2,3-4H3. The highest BCUT2D eigenvalue weighted by Gasteiger charge is 2.23. The Labute approximate surface area is 149 Å². The van der Waals surface area contributed by atoms with Crippen LogP contribution in [0.3, 0.4) is 0 Å². The van der Waals surface area contributed by atoms with Crippen LogP contribution in [0.5, 0.6) is 11.5 Å². The highest BCUT2D eigenvalue weighted by molar-refractivity contribution is 5.41. The minimum Gasteiger partial charge on any atom is -0.508 e. The molecule has 1 N–H and O–H groups in total. The largest absolute Gasteiger partial charge is 0.508 e. The van der Waals surface area contributed by atoms with Crippen molar-refractivity contribution in [2.45, 2.75) is 25.6 Å². The van der Waals surface area contributed by atoms with Gasteiger partial charge < -0.3 is 19.3 Å². The van der Waals surface area contributed by atoms with Crippen LogP contribution in [0.4, 0.5) is 0 Å². The summed E-state index contributed by atoms with van der Waals surface area (Å²) in [6.07, 6.45) is 2.03. The van der Waals surface area contributed by atoms with Crippen molar-refractivity contribution in [3.63, 3.8) is 0 Å². The van der Waals surface area contributed by atoms with Gasteiger partial charge in [-0.1, -0.05) is 51.3 Å². The smallest absolute Gasteiger partial charge is 0.273 e. The van der Waals surface area contributed by atoms with Gasteiger partial charge in [0.25, 0.3) is 6.29 Å². The van der Waals surface area contributed by atoms with Crippen LogP contribution < -0.4 is 4.74 Å². The zero-order chi connectivity index (χ0) is 18.3. The average Bonchev–Trinajstić information content (AvgIpc) is 2.61. The normalized spacial score (nSPS) is 11.0. The maximum absolute atomic E-state index is 9.46. The van der Waals surface area contributed by atoms with Crippen molar-refractivity contribution in [3.05, 3.63) is 85.3 Å². The van der Waals surface area contributed by atoms with Gasteiger partial charge in [-0.05, 0) is 35.4 Å². The fourth-order valence-electron chi connectivity index (χ4n) is 2.50. The number of aromatic hydroxyl groups is 1. The summed E-state index contributed by atoms with van der Waals surface area (Å²) in [5.41, 5.74) is 2.08. The van der Waals surface area contributed by atoms with Gasteiger partial charge in [-0.15, -0.1) is 0 Å². The minimum atomic E-state index is -0.580. The lowest BCUT2D eigenvalue weighted by atomic mass is 9.78. The molecule has 0 aromatic heterocycles. The van der Waals surface area contributed by atoms with Gasteiger partial charge in [-0.2, -0.15) is 0 Å². The average molecular weight is 340 g/mol. The molecule has 0 atom stereocenters. The first kappa shape index (κ1) is 18.5. The highest BCUT2D eigenvalue weighted by atomic mass is 16.7. The van der Waals surface area contributed by atoms with E-state index >= 15 is 0 Å². The van der Waals surface area contributed by atoms with E-state index in [1.54, 1.807) is 12.1 Å². The summed E-state index contributed by atoms with van der Waals surface area (Å²) in [5.74, 6) is 0.983. The van der Waals surface area contributed by atoms with E-state index in [9.17, 15) is 5.11 Å². The third-order valence-electron chi connectivity index (χ3n) is 4.05. The molecule has 0 amide bonds. The number of phenols is 1. The van der Waals surface area contributed by atoms with Crippen LogP contribution >= 0.6 is 0 Å². The first-order valence-electron chi connectivity index (χ1n) is 8.03. The second-order valence-corrected chi connectivity index (χ2v) is 6.04. The monoisotopic (exact) mass is 340 g/mol. The molecule has 25 heavy (non-hydrogen) atoms. The Morgan fingerprint density at radius 2 is 1.40 bits per heavy atom. The van der Waals surface area contributed by atoms with E-state index in [-0.39, 0.29) is 17.8 Å². The molecule has 0 aliphatic carbocycles. The Bertz CT molecular complexity index is 677. The number of phenolic OH excluding ortho intramolecular Hbond substituents is 1. The van der Waals surface area contributed by atoms with Crippen LogP contribution in [-0.2, 0) is 14.9 Å². The van der Waals surface area contributed by atoms with E-state index < -0.39 is 6.29 Å². The number of rotatable bonds is 9. The van der Waals surface area contributed by atoms with Gasteiger partial charge in [0, 0.05) is 5.41 Å². The molecule has 0 fully saturated rings. The van der Waals surface area contributed by atoms with Crippen LogP contribution in [0.15, 0.2) is 74.2 Å². The van der Waals surface area contributed by atoms with Gasteiger partial charge in [-0.25, -0.2) is 0 Å². The van der Waals surface area contributed by atoms with Gasteiger partial charge >= 0.3 is 0 Å². The van der Waals surface area contributed by atoms with Crippen molar-refractivity contribution in [2.75, 3.05) is 6.61 Å². The van der Waals surface area contributed by atoms with Crippen molar-refractivity contribution >= 4 is 0 Å². The van der Waals surface area contributed by atoms with E-state index in [0.29, 0.717) is 0 Å². The second-order valence-electron chi connectivity index (χ2n) is 6.04. The Morgan fingerprint density at radius 3 is 1.88 bits per heavy atom. The Kier molecular flexibility index (Phi) is 6.12. The van der Waals surface area contributed by atoms with Crippen LogP contribution in [-0.4, -0.2) is 18.0 Å². The van der Waals surface area contributed by atoms with E-state index in [0.717, 1.165) is 16.9 Å². The third kappa shape index (κ3) is 4.80. The molecule has 0 saturated carbocycles. The number of hydrogen-bond donors (Lipinski definition) is 1. The summed E-state index contributed by atoms with van der Waals surface area (Å²) < 4.78 is 16.0. The lowest BCUT2D eigenvalue weighted by Crippen LogP contribution is -2.21. The SMILES string of the molecule is C=COC(COc1ccc(C(C)(C)c2ccc(O)cc2)cc1)OC=C. The molecular weight excluding hydrogens is 316 g/mol. The van der Waals surface area contributed by atoms with E-state index in [1.807, 2.05) is 36.4 Å². The van der Waals surface area contributed by atoms with Crippen LogP contribution in [0, 0.1) is 0 Å². The molecule has 0 aliphatic heterocycles. The van der Waals surface area contributed by atoms with Crippen LogP contribution in [0.2, 0.25) is 0 Å². The molecular formula is C21H24O4. The Morgan fingerprint density at radius 1 is 0.920 bits per heavy atom. The maximum atomic E-state index is 9.46. The highest BCUT2D eigenvalue weighted by Crippen LogP contribution is 2.33. The van der Waals surface area contributed by atoms with E-state index in [2.05, 4.69) is 27.0 Å². The molecule has 2 aromatic rings. The fourth-order valence-corrected chi connectivity index (χ4v) is 2.50. The van der Waals surface area contributed by atoms with Crippen molar-refractivity contribution in [1.82, 2.24) is 0 Å². The zero-order valence-electron chi connectivity index (χ0n) is 14.6. The molecule has 4 nitrogen and oxygen atoms in total. The predicted octanol–water partition coefficient (Wildman–Crippen LogP) is 4.74. The molecule has 2 rings (SSSR count). The molecule has 0 radical (unpaired) electrons. The molecule has 0 unspecified atom stereocenters. The van der Waals surface area contributed by atoms with Gasteiger partial charge in [0.15, 0.2) is 6.61 Å². The molecule has 2 aromatic carbocycles. The third-order valence-corrected chi connectivity index (χ3v) is 4.05. The molecule has 0 aliphatic rings. The summed E-state index contributed by atoms with van der Waals surface area (Å²) in [5, 5.41) is 9.46. The second kappa shape index (κ2) is 8.29. The summed E-state index contributed by atoms with van der Waals surface area (Å²) in [7, 11) is 0. The summed E-state index contributed by atoms with van der Waals surface area (Å²) in [4.78, 5) is 0. The molecule has 0 heterocycles. The molecule has 0 bridgehead atoms. The summed E-state index contributed by atoms with van der Waals surface area (Å²) >= 11 is 0. The minimum absolute atomic E-state index is 0.188. The first-order valence-corrected chi connectivity index (χ1v) is 8.03. The molecule has 132 valence electrons. The Balaban J connectivity index is 2.06. The van der Waals surface area contributed by atoms with E-state index in [4.69, 9.17) is 14.2 Å². The lowest BCUT2D eigenvalue weighted by Gasteiger charge is -2.26. The van der Waals surface area contributed by atoms with Crippen molar-refractivity contribution in [3.8, 4) is 11.5 Å². The fraction of sp³-hybridized carbons (Fsp3) is 0.238. The summed E-state index contributed by atoms with van der Waals surface area (Å²) in [6, 6.07) is 15.2. The van der Waals surface area contributed by atoms with Crippen molar-refractivity contribution in [2.24, 2.45) is 0 Å². The van der Waals surface area contributed by atoms with Crippen LogP contribution in [0.25, 0.3) is 0 Å². The summed E-state index contributed by atoms with van der Waals surface area (Å²) in [6.45, 7) is 11.5. The number of hydrogen-bond acceptors (Lipinski definition) is 4. The lowest BCUT2D eigenvalue weighted by molar-refractivity contribution is -0.0848. The van der Waals surface area contributed by atoms with Gasteiger partial charge in [0.05, 0.1) is 12.5 Å². The van der Waals surface area contributed by atoms with Gasteiger partial charge in [0.1, 0.15) is 11.5 Å². The maximum Gasteiger partial charge on any atom is 0.273 e. The molecule has 0 spiro atoms. The number of benzene rings is 2. The van der Waals surface area contributed by atoms with Crippen LogP contribution in [0.1, 0.15) is 25.0 Å². The van der Waals surface area contributed by atoms with Gasteiger partial charge in [0.2, 0.25) is 0 Å². The van der Waals surface area contributed by atoms with Crippen molar-refractivity contribution in [1.29, 1.82) is 0 Å². The quantitative estimate of drug-likeness (QED) is 0.529. The predicted molar refractivity (Wildman–Crippen MR) is 98.5 cm³/mol. The topological polar surface area (TPSA) is 47.9 Å². The molecule has 0 saturated heterocycles. The first-order chi connectivity index (χ1) is 12.0. The van der Waals surface area contributed by atoms with Crippen molar-refractivity contribution < 1.29 is 19.3 Å². The Hall–Kier alpha value is -2.88.